The van der Waals surface area contributed by atoms with E-state index >= 15 is 0 Å². The smallest absolute Gasteiger partial charge is 0.148 e. The number of aryl methyl sites for hydroxylation is 3. The fraction of sp³-hybridized carbons (Fsp3) is 0.231. The first-order valence-electron chi connectivity index (χ1n) is 5.13. The lowest BCUT2D eigenvalue weighted by Gasteiger charge is -2.10. The number of aromatic nitrogens is 2. The van der Waals surface area contributed by atoms with Gasteiger partial charge in [0.15, 0.2) is 0 Å². The third-order valence-corrected chi connectivity index (χ3v) is 2.72. The molecule has 1 aromatic heterocycles. The molecule has 0 fully saturated rings. The van der Waals surface area contributed by atoms with Crippen LogP contribution in [0.1, 0.15) is 16.7 Å². The first kappa shape index (κ1) is 11.1. The Morgan fingerprint density at radius 3 is 2.19 bits per heavy atom. The highest BCUT2D eigenvalue weighted by Crippen LogP contribution is 2.26. The van der Waals surface area contributed by atoms with E-state index in [-0.39, 0.29) is 0 Å². The Balaban J connectivity index is 2.64. The number of benzene rings is 1. The van der Waals surface area contributed by atoms with E-state index in [1.807, 2.05) is 0 Å². The Bertz CT molecular complexity index is 512. The van der Waals surface area contributed by atoms with Crippen LogP contribution in [-0.2, 0) is 0 Å². The largest absolute Gasteiger partial charge is 0.259 e. The van der Waals surface area contributed by atoms with Crippen LogP contribution in [0.3, 0.4) is 0 Å². The second-order valence-corrected chi connectivity index (χ2v) is 4.39. The molecule has 0 saturated carbocycles. The quantitative estimate of drug-likeness (QED) is 0.749. The van der Waals surface area contributed by atoms with Crippen LogP contribution < -0.4 is 0 Å². The minimum Gasteiger partial charge on any atom is -0.259 e. The molecule has 0 spiro atoms. The predicted octanol–water partition coefficient (Wildman–Crippen LogP) is 3.72. The molecule has 1 heterocycles. The van der Waals surface area contributed by atoms with Crippen LogP contribution in [0.15, 0.2) is 24.5 Å². The van der Waals surface area contributed by atoms with Crippen molar-refractivity contribution in [2.45, 2.75) is 20.8 Å². The van der Waals surface area contributed by atoms with Crippen molar-refractivity contribution >= 4 is 11.6 Å². The first-order chi connectivity index (χ1) is 7.58. The first-order valence-corrected chi connectivity index (χ1v) is 5.51. The van der Waals surface area contributed by atoms with Crippen molar-refractivity contribution in [1.29, 1.82) is 0 Å². The van der Waals surface area contributed by atoms with Crippen LogP contribution in [0.2, 0.25) is 5.15 Å². The monoisotopic (exact) mass is 232 g/mol. The molecule has 82 valence electrons. The average molecular weight is 233 g/mol. The summed E-state index contributed by atoms with van der Waals surface area (Å²) in [6.45, 7) is 6.25. The van der Waals surface area contributed by atoms with Crippen molar-refractivity contribution in [2.75, 3.05) is 0 Å². The highest BCUT2D eigenvalue weighted by Gasteiger charge is 2.08. The maximum Gasteiger partial charge on any atom is 0.148 e. The van der Waals surface area contributed by atoms with Gasteiger partial charge >= 0.3 is 0 Å². The Hall–Kier alpha value is -1.41. The van der Waals surface area contributed by atoms with Gasteiger partial charge in [0.1, 0.15) is 5.15 Å². The second kappa shape index (κ2) is 4.22. The molecule has 0 aliphatic heterocycles. The van der Waals surface area contributed by atoms with E-state index in [1.165, 1.54) is 16.7 Å². The van der Waals surface area contributed by atoms with Crippen molar-refractivity contribution < 1.29 is 0 Å². The SMILES string of the molecule is Cc1cc(C)c(-c2cncc(Cl)n2)c(C)c1. The Morgan fingerprint density at radius 1 is 1.00 bits per heavy atom. The van der Waals surface area contributed by atoms with Gasteiger partial charge in [-0.15, -0.1) is 0 Å². The number of hydrogen-bond acceptors (Lipinski definition) is 2. The fourth-order valence-corrected chi connectivity index (χ4v) is 2.19. The van der Waals surface area contributed by atoms with E-state index in [1.54, 1.807) is 12.4 Å². The highest BCUT2D eigenvalue weighted by atomic mass is 35.5. The van der Waals surface area contributed by atoms with E-state index in [9.17, 15) is 0 Å². The van der Waals surface area contributed by atoms with E-state index in [0.717, 1.165) is 11.3 Å². The van der Waals surface area contributed by atoms with Crippen molar-refractivity contribution in [3.63, 3.8) is 0 Å². The summed E-state index contributed by atoms with van der Waals surface area (Å²) < 4.78 is 0. The fourth-order valence-electron chi connectivity index (χ4n) is 2.05. The normalized spacial score (nSPS) is 10.5. The lowest BCUT2D eigenvalue weighted by atomic mass is 9.98. The molecule has 0 atom stereocenters. The van der Waals surface area contributed by atoms with Gasteiger partial charge in [0.2, 0.25) is 0 Å². The Kier molecular flexibility index (Phi) is 2.92. The van der Waals surface area contributed by atoms with Crippen LogP contribution >= 0.6 is 11.6 Å². The minimum absolute atomic E-state index is 0.428. The van der Waals surface area contributed by atoms with Crippen LogP contribution in [0.25, 0.3) is 11.3 Å². The number of hydrogen-bond donors (Lipinski definition) is 0. The summed E-state index contributed by atoms with van der Waals surface area (Å²) in [6.07, 6.45) is 3.29. The third-order valence-electron chi connectivity index (χ3n) is 2.54. The molecule has 2 rings (SSSR count). The molecule has 2 nitrogen and oxygen atoms in total. The number of halogens is 1. The van der Waals surface area contributed by atoms with E-state index in [2.05, 4.69) is 42.9 Å². The molecule has 0 bridgehead atoms. The molecule has 1 aromatic carbocycles. The van der Waals surface area contributed by atoms with E-state index < -0.39 is 0 Å². The summed E-state index contributed by atoms with van der Waals surface area (Å²) in [4.78, 5) is 8.37. The molecule has 3 heteroatoms. The molecule has 0 radical (unpaired) electrons. The lowest BCUT2D eigenvalue weighted by molar-refractivity contribution is 1.19. The zero-order valence-corrected chi connectivity index (χ0v) is 10.3. The van der Waals surface area contributed by atoms with Gasteiger partial charge in [-0.05, 0) is 31.9 Å². The molecular formula is C13H13ClN2. The molecule has 0 aliphatic rings. The highest BCUT2D eigenvalue weighted by molar-refractivity contribution is 6.29. The minimum atomic E-state index is 0.428. The second-order valence-electron chi connectivity index (χ2n) is 4.00. The number of nitrogens with zero attached hydrogens (tertiary/aromatic N) is 2. The van der Waals surface area contributed by atoms with Crippen LogP contribution in [0.4, 0.5) is 0 Å². The zero-order valence-electron chi connectivity index (χ0n) is 9.58. The molecule has 0 amide bonds. The molecule has 0 saturated heterocycles. The van der Waals surface area contributed by atoms with Gasteiger partial charge in [0.05, 0.1) is 18.1 Å². The van der Waals surface area contributed by atoms with Gasteiger partial charge in [-0.1, -0.05) is 29.3 Å². The van der Waals surface area contributed by atoms with Crippen molar-refractivity contribution in [3.8, 4) is 11.3 Å². The molecular weight excluding hydrogens is 220 g/mol. The summed E-state index contributed by atoms with van der Waals surface area (Å²) in [5.41, 5.74) is 5.62. The molecule has 0 aliphatic carbocycles. The zero-order chi connectivity index (χ0) is 11.7. The van der Waals surface area contributed by atoms with Gasteiger partial charge in [0, 0.05) is 5.56 Å². The predicted molar refractivity (Wildman–Crippen MR) is 66.7 cm³/mol. The Morgan fingerprint density at radius 2 is 1.62 bits per heavy atom. The van der Waals surface area contributed by atoms with Gasteiger partial charge in [-0.25, -0.2) is 4.98 Å². The number of rotatable bonds is 1. The lowest BCUT2D eigenvalue weighted by Crippen LogP contribution is -1.93. The maximum atomic E-state index is 5.86. The summed E-state index contributed by atoms with van der Waals surface area (Å²) in [5.74, 6) is 0. The molecule has 2 aromatic rings. The van der Waals surface area contributed by atoms with Crippen molar-refractivity contribution in [1.82, 2.24) is 9.97 Å². The van der Waals surface area contributed by atoms with Crippen molar-refractivity contribution in [2.24, 2.45) is 0 Å². The van der Waals surface area contributed by atoms with Crippen LogP contribution in [0.5, 0.6) is 0 Å². The molecule has 0 N–H and O–H groups in total. The van der Waals surface area contributed by atoms with Crippen molar-refractivity contribution in [3.05, 3.63) is 46.4 Å². The van der Waals surface area contributed by atoms with E-state index in [4.69, 9.17) is 11.6 Å². The van der Waals surface area contributed by atoms with Gasteiger partial charge in [0.25, 0.3) is 0 Å². The third kappa shape index (κ3) is 2.07. The Labute approximate surface area is 100 Å². The average Bonchev–Trinajstić information content (AvgIpc) is 2.15. The standard InChI is InChI=1S/C13H13ClN2/c1-8-4-9(2)13(10(3)5-8)11-6-15-7-12(14)16-11/h4-7H,1-3H3. The molecule has 16 heavy (non-hydrogen) atoms. The van der Waals surface area contributed by atoms with Gasteiger partial charge in [-0.3, -0.25) is 4.98 Å². The summed E-state index contributed by atoms with van der Waals surface area (Å²) in [6, 6.07) is 4.29. The summed E-state index contributed by atoms with van der Waals surface area (Å²) >= 11 is 5.86. The summed E-state index contributed by atoms with van der Waals surface area (Å²) in [7, 11) is 0. The van der Waals surface area contributed by atoms with Crippen LogP contribution in [0, 0.1) is 20.8 Å². The summed E-state index contributed by atoms with van der Waals surface area (Å²) in [5, 5.41) is 0.428. The van der Waals surface area contributed by atoms with E-state index in [0.29, 0.717) is 5.15 Å². The van der Waals surface area contributed by atoms with Gasteiger partial charge in [-0.2, -0.15) is 0 Å². The maximum absolute atomic E-state index is 5.86. The van der Waals surface area contributed by atoms with Crippen LogP contribution in [-0.4, -0.2) is 9.97 Å². The van der Waals surface area contributed by atoms with Gasteiger partial charge < -0.3 is 0 Å². The molecule has 0 unspecified atom stereocenters. The topological polar surface area (TPSA) is 25.8 Å².